The van der Waals surface area contributed by atoms with E-state index >= 15 is 0 Å². The predicted octanol–water partition coefficient (Wildman–Crippen LogP) is 4.10. The van der Waals surface area contributed by atoms with Crippen LogP contribution in [0.5, 0.6) is 5.75 Å². The molecule has 130 valence electrons. The molecule has 6 nitrogen and oxygen atoms in total. The van der Waals surface area contributed by atoms with Gasteiger partial charge in [0.15, 0.2) is 0 Å². The first-order valence-corrected chi connectivity index (χ1v) is 8.12. The molecule has 0 aliphatic rings. The fraction of sp³-hybridized carbons (Fsp3) is 0.263. The standard InChI is InChI=1S/C19H22N4O2/c1-12(2)21-19-20-11-13-9-15(18(24-3)10-17(13)22-19)14-7-5-6-8-16(14)23-25-4/h5-12,23H,1-4H3,(H,20,21,22). The zero-order chi connectivity index (χ0) is 17.8. The van der Waals surface area contributed by atoms with Crippen molar-refractivity contribution in [3.8, 4) is 16.9 Å². The van der Waals surface area contributed by atoms with Gasteiger partial charge in [-0.25, -0.2) is 9.97 Å². The minimum Gasteiger partial charge on any atom is -0.496 e. The number of para-hydroxylation sites is 1. The van der Waals surface area contributed by atoms with Gasteiger partial charge in [-0.1, -0.05) is 18.2 Å². The van der Waals surface area contributed by atoms with Crippen molar-refractivity contribution in [2.75, 3.05) is 25.0 Å². The van der Waals surface area contributed by atoms with Crippen LogP contribution in [0.4, 0.5) is 11.6 Å². The van der Waals surface area contributed by atoms with E-state index in [2.05, 4.69) is 34.6 Å². The van der Waals surface area contributed by atoms with Crippen LogP contribution in [-0.2, 0) is 4.84 Å². The van der Waals surface area contributed by atoms with Crippen molar-refractivity contribution in [3.05, 3.63) is 42.6 Å². The van der Waals surface area contributed by atoms with Gasteiger partial charge in [-0.05, 0) is 26.0 Å². The average Bonchev–Trinajstić information content (AvgIpc) is 2.61. The molecule has 1 heterocycles. The molecule has 0 bridgehead atoms. The minimum absolute atomic E-state index is 0.269. The molecule has 2 N–H and O–H groups in total. The van der Waals surface area contributed by atoms with Crippen LogP contribution in [0.1, 0.15) is 13.8 Å². The molecule has 3 rings (SSSR count). The third kappa shape index (κ3) is 3.64. The number of aromatic nitrogens is 2. The van der Waals surface area contributed by atoms with Gasteiger partial charge < -0.3 is 10.1 Å². The lowest BCUT2D eigenvalue weighted by Gasteiger charge is -2.15. The second-order valence-corrected chi connectivity index (χ2v) is 5.96. The molecule has 1 aromatic heterocycles. The lowest BCUT2D eigenvalue weighted by Crippen LogP contribution is -2.12. The Balaban J connectivity index is 2.13. The molecule has 0 aliphatic heterocycles. The highest BCUT2D eigenvalue weighted by Crippen LogP contribution is 2.37. The molecule has 0 spiro atoms. The van der Waals surface area contributed by atoms with Crippen LogP contribution in [0, 0.1) is 0 Å². The molecule has 0 saturated carbocycles. The second kappa shape index (κ2) is 7.36. The molecule has 25 heavy (non-hydrogen) atoms. The summed E-state index contributed by atoms with van der Waals surface area (Å²) in [6.07, 6.45) is 1.82. The zero-order valence-corrected chi connectivity index (χ0v) is 14.8. The van der Waals surface area contributed by atoms with Crippen LogP contribution in [0.15, 0.2) is 42.6 Å². The van der Waals surface area contributed by atoms with Gasteiger partial charge in [0.25, 0.3) is 0 Å². The maximum Gasteiger partial charge on any atom is 0.223 e. The van der Waals surface area contributed by atoms with Gasteiger partial charge in [0.2, 0.25) is 5.95 Å². The summed E-state index contributed by atoms with van der Waals surface area (Å²) in [5, 5.41) is 4.16. The van der Waals surface area contributed by atoms with Crippen LogP contribution in [0.3, 0.4) is 0 Å². The van der Waals surface area contributed by atoms with E-state index in [1.54, 1.807) is 14.2 Å². The summed E-state index contributed by atoms with van der Waals surface area (Å²) >= 11 is 0. The van der Waals surface area contributed by atoms with Gasteiger partial charge >= 0.3 is 0 Å². The maximum absolute atomic E-state index is 5.61. The van der Waals surface area contributed by atoms with E-state index in [1.165, 1.54) is 0 Å². The molecule has 0 atom stereocenters. The van der Waals surface area contributed by atoms with Gasteiger partial charge in [-0.2, -0.15) is 0 Å². The second-order valence-electron chi connectivity index (χ2n) is 5.96. The highest BCUT2D eigenvalue weighted by atomic mass is 16.6. The summed E-state index contributed by atoms with van der Waals surface area (Å²) in [4.78, 5) is 14.0. The van der Waals surface area contributed by atoms with E-state index in [0.29, 0.717) is 5.95 Å². The minimum atomic E-state index is 0.269. The van der Waals surface area contributed by atoms with E-state index in [9.17, 15) is 0 Å². The lowest BCUT2D eigenvalue weighted by atomic mass is 10.0. The molecule has 6 heteroatoms. The number of benzene rings is 2. The number of rotatable bonds is 6. The number of nitrogens with one attached hydrogen (secondary N) is 2. The van der Waals surface area contributed by atoms with E-state index in [1.807, 2.05) is 42.6 Å². The van der Waals surface area contributed by atoms with Crippen molar-refractivity contribution in [1.82, 2.24) is 9.97 Å². The molecule has 0 saturated heterocycles. The quantitative estimate of drug-likeness (QED) is 0.660. The fourth-order valence-corrected chi connectivity index (χ4v) is 2.68. The summed E-state index contributed by atoms with van der Waals surface area (Å²) in [5.41, 5.74) is 6.53. The molecule has 0 radical (unpaired) electrons. The monoisotopic (exact) mass is 338 g/mol. The number of ether oxygens (including phenoxy) is 1. The smallest absolute Gasteiger partial charge is 0.223 e. The Kier molecular flexibility index (Phi) is 5.00. The van der Waals surface area contributed by atoms with Crippen molar-refractivity contribution in [1.29, 1.82) is 0 Å². The third-order valence-corrected chi connectivity index (χ3v) is 3.75. The number of methoxy groups -OCH3 is 1. The van der Waals surface area contributed by atoms with E-state index < -0.39 is 0 Å². The van der Waals surface area contributed by atoms with Crippen LogP contribution in [0.25, 0.3) is 22.0 Å². The van der Waals surface area contributed by atoms with Crippen molar-refractivity contribution in [2.24, 2.45) is 0 Å². The highest BCUT2D eigenvalue weighted by Gasteiger charge is 2.13. The van der Waals surface area contributed by atoms with Gasteiger partial charge in [0.1, 0.15) is 5.75 Å². The fourth-order valence-electron chi connectivity index (χ4n) is 2.68. The Labute approximate surface area is 147 Å². The number of fused-ring (bicyclic) bond motifs is 1. The summed E-state index contributed by atoms with van der Waals surface area (Å²) in [6, 6.07) is 12.1. The zero-order valence-electron chi connectivity index (χ0n) is 14.8. The van der Waals surface area contributed by atoms with Crippen molar-refractivity contribution in [3.63, 3.8) is 0 Å². The number of hydrogen-bond acceptors (Lipinski definition) is 6. The van der Waals surface area contributed by atoms with Crippen molar-refractivity contribution < 1.29 is 9.57 Å². The van der Waals surface area contributed by atoms with Crippen molar-refractivity contribution in [2.45, 2.75) is 19.9 Å². The van der Waals surface area contributed by atoms with Gasteiger partial charge in [-0.3, -0.25) is 10.3 Å². The van der Waals surface area contributed by atoms with Crippen molar-refractivity contribution >= 4 is 22.5 Å². The first-order valence-electron chi connectivity index (χ1n) is 8.12. The summed E-state index contributed by atoms with van der Waals surface area (Å²) in [6.45, 7) is 4.11. The molecule has 0 unspecified atom stereocenters. The number of nitrogens with zero attached hydrogens (tertiary/aromatic N) is 2. The van der Waals surface area contributed by atoms with Crippen LogP contribution in [0.2, 0.25) is 0 Å². The highest BCUT2D eigenvalue weighted by molar-refractivity contribution is 5.91. The Morgan fingerprint density at radius 2 is 1.84 bits per heavy atom. The Morgan fingerprint density at radius 3 is 2.56 bits per heavy atom. The SMILES string of the molecule is CONc1ccccc1-c1cc2cnc(NC(C)C)nc2cc1OC. The van der Waals surface area contributed by atoms with Gasteiger partial charge in [0.05, 0.1) is 25.4 Å². The Bertz CT molecular complexity index is 880. The first kappa shape index (κ1) is 17.0. The topological polar surface area (TPSA) is 68.3 Å². The molecular weight excluding hydrogens is 316 g/mol. The maximum atomic E-state index is 5.61. The molecule has 0 amide bonds. The molecule has 0 aliphatic carbocycles. The molecule has 3 aromatic rings. The van der Waals surface area contributed by atoms with Gasteiger partial charge in [0, 0.05) is 34.8 Å². The Morgan fingerprint density at radius 1 is 1.04 bits per heavy atom. The van der Waals surface area contributed by atoms with E-state index in [0.717, 1.165) is 33.5 Å². The van der Waals surface area contributed by atoms with Gasteiger partial charge in [-0.15, -0.1) is 0 Å². The normalized spacial score (nSPS) is 10.9. The molecule has 0 fully saturated rings. The average molecular weight is 338 g/mol. The van der Waals surface area contributed by atoms with E-state index in [-0.39, 0.29) is 6.04 Å². The number of hydrogen-bond donors (Lipinski definition) is 2. The van der Waals surface area contributed by atoms with E-state index in [4.69, 9.17) is 9.57 Å². The summed E-state index contributed by atoms with van der Waals surface area (Å²) in [7, 11) is 3.25. The molecule has 2 aromatic carbocycles. The summed E-state index contributed by atoms with van der Waals surface area (Å²) in [5.74, 6) is 1.35. The predicted molar refractivity (Wildman–Crippen MR) is 101 cm³/mol. The summed E-state index contributed by atoms with van der Waals surface area (Å²) < 4.78 is 5.61. The van der Waals surface area contributed by atoms with Crippen LogP contribution in [-0.4, -0.2) is 30.2 Å². The largest absolute Gasteiger partial charge is 0.496 e. The first-order chi connectivity index (χ1) is 12.1. The lowest BCUT2D eigenvalue weighted by molar-refractivity contribution is 0.271. The van der Waals surface area contributed by atoms with Crippen LogP contribution < -0.4 is 15.5 Å². The number of anilines is 2. The third-order valence-electron chi connectivity index (χ3n) is 3.75. The Hall–Kier alpha value is -2.86. The molecular formula is C19H22N4O2. The van der Waals surface area contributed by atoms with Crippen LogP contribution >= 0.6 is 0 Å².